The van der Waals surface area contributed by atoms with Crippen LogP contribution in [0, 0.1) is 11.6 Å². The summed E-state index contributed by atoms with van der Waals surface area (Å²) in [6.07, 6.45) is 1.60. The van der Waals surface area contributed by atoms with E-state index in [0.29, 0.717) is 13.1 Å². The predicted molar refractivity (Wildman–Crippen MR) is 92.7 cm³/mol. The van der Waals surface area contributed by atoms with E-state index in [2.05, 4.69) is 5.32 Å². The van der Waals surface area contributed by atoms with Gasteiger partial charge in [-0.15, -0.1) is 11.8 Å². The van der Waals surface area contributed by atoms with E-state index in [4.69, 9.17) is 5.73 Å². The summed E-state index contributed by atoms with van der Waals surface area (Å²) in [5.74, 6) is -1.31. The highest BCUT2D eigenvalue weighted by molar-refractivity contribution is 8.00. The molecule has 0 spiro atoms. The Bertz CT molecular complexity index is 667. The molecule has 1 atom stereocenters. The van der Waals surface area contributed by atoms with Gasteiger partial charge in [-0.1, -0.05) is 30.3 Å². The average molecular weight is 350 g/mol. The molecule has 2 rings (SSSR count). The van der Waals surface area contributed by atoms with E-state index in [-0.39, 0.29) is 10.8 Å². The molecule has 3 N–H and O–H groups in total. The standard InChI is InChI=1S/C18H20F2N2OS/c19-14-8-9-15(20)16(12-14)24-17(13-6-2-1-3-7-13)18(23)22-11-5-4-10-21/h1-3,6-9,12,17H,4-5,10-11,21H2,(H,22,23). The maximum absolute atomic E-state index is 13.9. The lowest BCUT2D eigenvalue weighted by molar-refractivity contribution is -0.120. The van der Waals surface area contributed by atoms with Crippen LogP contribution in [0.4, 0.5) is 8.78 Å². The summed E-state index contributed by atoms with van der Waals surface area (Å²) in [7, 11) is 0. The van der Waals surface area contributed by atoms with Crippen LogP contribution in [-0.4, -0.2) is 19.0 Å². The SMILES string of the molecule is NCCCCNC(=O)C(Sc1cc(F)ccc1F)c1ccccc1. The molecule has 0 bridgehead atoms. The zero-order chi connectivity index (χ0) is 17.4. The highest BCUT2D eigenvalue weighted by Gasteiger charge is 2.23. The highest BCUT2D eigenvalue weighted by atomic mass is 32.2. The van der Waals surface area contributed by atoms with Crippen molar-refractivity contribution in [1.82, 2.24) is 5.32 Å². The van der Waals surface area contributed by atoms with Gasteiger partial charge in [0.2, 0.25) is 5.91 Å². The lowest BCUT2D eigenvalue weighted by Crippen LogP contribution is -2.29. The zero-order valence-electron chi connectivity index (χ0n) is 13.2. The molecule has 128 valence electrons. The third kappa shape index (κ3) is 5.32. The van der Waals surface area contributed by atoms with Crippen molar-refractivity contribution in [2.45, 2.75) is 23.0 Å². The van der Waals surface area contributed by atoms with E-state index >= 15 is 0 Å². The van der Waals surface area contributed by atoms with Crippen LogP contribution < -0.4 is 11.1 Å². The Morgan fingerprint density at radius 1 is 1.12 bits per heavy atom. The molecule has 0 heterocycles. The van der Waals surface area contributed by atoms with Gasteiger partial charge in [0.15, 0.2) is 0 Å². The molecule has 0 aliphatic carbocycles. The fourth-order valence-corrected chi connectivity index (χ4v) is 3.27. The largest absolute Gasteiger partial charge is 0.355 e. The monoisotopic (exact) mass is 350 g/mol. The summed E-state index contributed by atoms with van der Waals surface area (Å²) in [5, 5.41) is 2.19. The van der Waals surface area contributed by atoms with Gasteiger partial charge in [0.05, 0.1) is 0 Å². The van der Waals surface area contributed by atoms with Gasteiger partial charge in [0.25, 0.3) is 0 Å². The predicted octanol–water partition coefficient (Wildman–Crippen LogP) is 3.65. The minimum Gasteiger partial charge on any atom is -0.355 e. The van der Waals surface area contributed by atoms with Gasteiger partial charge < -0.3 is 11.1 Å². The summed E-state index contributed by atoms with van der Waals surface area (Å²) < 4.78 is 27.3. The quantitative estimate of drug-likeness (QED) is 0.564. The summed E-state index contributed by atoms with van der Waals surface area (Å²) in [5.41, 5.74) is 6.17. The Kier molecular flexibility index (Phi) is 7.21. The first-order chi connectivity index (χ1) is 11.6. The number of benzene rings is 2. The normalized spacial score (nSPS) is 12.0. The summed E-state index contributed by atoms with van der Waals surface area (Å²) in [4.78, 5) is 12.6. The van der Waals surface area contributed by atoms with Crippen molar-refractivity contribution in [2.24, 2.45) is 5.73 Å². The molecule has 0 aromatic heterocycles. The van der Waals surface area contributed by atoms with E-state index in [9.17, 15) is 13.6 Å². The third-order valence-electron chi connectivity index (χ3n) is 3.41. The first kappa shape index (κ1) is 18.4. The number of amides is 1. The van der Waals surface area contributed by atoms with Crippen molar-refractivity contribution in [1.29, 1.82) is 0 Å². The van der Waals surface area contributed by atoms with Gasteiger partial charge in [-0.05, 0) is 43.1 Å². The Morgan fingerprint density at radius 2 is 1.88 bits per heavy atom. The van der Waals surface area contributed by atoms with Gasteiger partial charge in [-0.2, -0.15) is 0 Å². The van der Waals surface area contributed by atoms with Crippen LogP contribution in [0.25, 0.3) is 0 Å². The van der Waals surface area contributed by atoms with E-state index in [1.165, 1.54) is 0 Å². The Hall–Kier alpha value is -1.92. The minimum absolute atomic E-state index is 0.112. The molecule has 1 unspecified atom stereocenters. The number of nitrogens with one attached hydrogen (secondary N) is 1. The molecule has 0 aliphatic rings. The molecular formula is C18H20F2N2OS. The lowest BCUT2D eigenvalue weighted by Gasteiger charge is -2.17. The maximum atomic E-state index is 13.9. The van der Waals surface area contributed by atoms with Gasteiger partial charge in [0.1, 0.15) is 16.9 Å². The number of carbonyl (C=O) groups is 1. The Balaban J connectivity index is 2.17. The second kappa shape index (κ2) is 9.39. The number of hydrogen-bond acceptors (Lipinski definition) is 3. The number of hydrogen-bond donors (Lipinski definition) is 2. The van der Waals surface area contributed by atoms with E-state index in [1.54, 1.807) is 12.1 Å². The first-order valence-corrected chi connectivity index (χ1v) is 8.64. The van der Waals surface area contributed by atoms with Crippen LogP contribution >= 0.6 is 11.8 Å². The maximum Gasteiger partial charge on any atom is 0.237 e. The van der Waals surface area contributed by atoms with Crippen molar-refractivity contribution in [2.75, 3.05) is 13.1 Å². The van der Waals surface area contributed by atoms with E-state index in [0.717, 1.165) is 48.4 Å². The fourth-order valence-electron chi connectivity index (χ4n) is 2.17. The van der Waals surface area contributed by atoms with E-state index < -0.39 is 16.9 Å². The molecule has 0 saturated heterocycles. The smallest absolute Gasteiger partial charge is 0.237 e. The van der Waals surface area contributed by atoms with Crippen molar-refractivity contribution in [3.63, 3.8) is 0 Å². The molecular weight excluding hydrogens is 330 g/mol. The summed E-state index contributed by atoms with van der Waals surface area (Å²) >= 11 is 1.00. The number of nitrogens with two attached hydrogens (primary N) is 1. The van der Waals surface area contributed by atoms with Crippen molar-refractivity contribution < 1.29 is 13.6 Å². The van der Waals surface area contributed by atoms with Crippen molar-refractivity contribution in [3.8, 4) is 0 Å². The Morgan fingerprint density at radius 3 is 2.58 bits per heavy atom. The minimum atomic E-state index is -0.652. The average Bonchev–Trinajstić information content (AvgIpc) is 2.60. The highest BCUT2D eigenvalue weighted by Crippen LogP contribution is 2.37. The van der Waals surface area contributed by atoms with Gasteiger partial charge in [-0.25, -0.2) is 8.78 Å². The molecule has 0 aliphatic heterocycles. The fraction of sp³-hybridized carbons (Fsp3) is 0.278. The molecule has 6 heteroatoms. The molecule has 2 aromatic rings. The molecule has 2 aromatic carbocycles. The molecule has 0 saturated carbocycles. The van der Waals surface area contributed by atoms with Crippen LogP contribution in [-0.2, 0) is 4.79 Å². The van der Waals surface area contributed by atoms with Crippen molar-refractivity contribution in [3.05, 3.63) is 65.7 Å². The molecule has 0 radical (unpaired) electrons. The molecule has 3 nitrogen and oxygen atoms in total. The number of unbranched alkanes of at least 4 members (excludes halogenated alkanes) is 1. The number of thioether (sulfide) groups is 1. The molecule has 0 fully saturated rings. The number of rotatable bonds is 8. The van der Waals surface area contributed by atoms with Crippen LogP contribution in [0.2, 0.25) is 0 Å². The molecule has 1 amide bonds. The van der Waals surface area contributed by atoms with Crippen LogP contribution in [0.1, 0.15) is 23.7 Å². The van der Waals surface area contributed by atoms with Gasteiger partial charge >= 0.3 is 0 Å². The molecule has 24 heavy (non-hydrogen) atoms. The Labute approximate surface area is 144 Å². The van der Waals surface area contributed by atoms with Gasteiger partial charge in [-0.3, -0.25) is 4.79 Å². The first-order valence-electron chi connectivity index (χ1n) is 7.76. The summed E-state index contributed by atoms with van der Waals surface area (Å²) in [6, 6.07) is 12.3. The lowest BCUT2D eigenvalue weighted by atomic mass is 10.1. The second-order valence-electron chi connectivity index (χ2n) is 5.27. The van der Waals surface area contributed by atoms with Crippen molar-refractivity contribution >= 4 is 17.7 Å². The number of carbonyl (C=O) groups excluding carboxylic acids is 1. The van der Waals surface area contributed by atoms with Crippen LogP contribution in [0.3, 0.4) is 0 Å². The third-order valence-corrected chi connectivity index (χ3v) is 4.70. The second-order valence-corrected chi connectivity index (χ2v) is 6.42. The van der Waals surface area contributed by atoms with Crippen LogP contribution in [0.15, 0.2) is 53.4 Å². The summed E-state index contributed by atoms with van der Waals surface area (Å²) in [6.45, 7) is 1.08. The topological polar surface area (TPSA) is 55.1 Å². The van der Waals surface area contributed by atoms with Crippen LogP contribution in [0.5, 0.6) is 0 Å². The number of halogens is 2. The zero-order valence-corrected chi connectivity index (χ0v) is 14.0. The van der Waals surface area contributed by atoms with E-state index in [1.807, 2.05) is 18.2 Å². The van der Waals surface area contributed by atoms with Gasteiger partial charge in [0, 0.05) is 11.4 Å².